The average molecular weight is 456 g/mol. The smallest absolute Gasteiger partial charge is 0.338 e. The summed E-state index contributed by atoms with van der Waals surface area (Å²) in [6, 6.07) is 9.24. The summed E-state index contributed by atoms with van der Waals surface area (Å²) in [6.45, 7) is 1.59. The van der Waals surface area contributed by atoms with Crippen molar-refractivity contribution in [3.05, 3.63) is 93.1 Å². The van der Waals surface area contributed by atoms with Crippen molar-refractivity contribution in [2.75, 3.05) is 24.6 Å². The van der Waals surface area contributed by atoms with Crippen molar-refractivity contribution in [3.63, 3.8) is 0 Å². The number of benzene rings is 2. The van der Waals surface area contributed by atoms with Gasteiger partial charge >= 0.3 is 5.97 Å². The number of rotatable bonds is 5. The number of carbonyl (C=O) groups is 2. The molecule has 0 saturated heterocycles. The number of fused-ring (bicyclic) bond motifs is 4. The highest BCUT2D eigenvalue weighted by Crippen LogP contribution is 2.53. The van der Waals surface area contributed by atoms with Gasteiger partial charge in [0, 0.05) is 48.3 Å². The summed E-state index contributed by atoms with van der Waals surface area (Å²) in [7, 11) is 0. The average Bonchev–Trinajstić information content (AvgIpc) is 3.52. The molecule has 0 unspecified atom stereocenters. The Morgan fingerprint density at radius 1 is 0.971 bits per heavy atom. The van der Waals surface area contributed by atoms with Gasteiger partial charge in [-0.15, -0.1) is 0 Å². The molecule has 0 bridgehead atoms. The molecule has 0 aromatic heterocycles. The highest BCUT2D eigenvalue weighted by atomic mass is 16.6. The van der Waals surface area contributed by atoms with E-state index in [1.807, 2.05) is 6.07 Å². The molecule has 0 amide bonds. The maximum Gasteiger partial charge on any atom is 0.338 e. The largest absolute Gasteiger partial charge is 0.454 e. The standard InChI is InChI=1S/C27H24N2O5/c30-24(16-7-9-19(10-8-16)29(32)33)15-34-27(31)23-12-11-22-20-5-1-3-17(20)13-28-14-18-4-2-6-21(18)25(23)26(22)28/h1-2,5-12,17-18,20-21H,3-4,13-15H2/t17-,18+,20+,21+/m1/s1. The number of hydrogen-bond acceptors (Lipinski definition) is 6. The molecule has 0 N–H and O–H groups in total. The molecule has 2 aromatic carbocycles. The number of ketones is 1. The first-order chi connectivity index (χ1) is 16.5. The van der Waals surface area contributed by atoms with Gasteiger partial charge in [0.25, 0.3) is 5.69 Å². The second kappa shape index (κ2) is 7.94. The van der Waals surface area contributed by atoms with Gasteiger partial charge in [-0.3, -0.25) is 14.9 Å². The van der Waals surface area contributed by atoms with E-state index in [2.05, 4.69) is 35.3 Å². The SMILES string of the molecule is O=C(COC(=O)c1ccc2c3c1[C@H]1C=CC[C@H]1CN3C[C@H]1CC=C[C@H]21)c1ccc([N+](=O)[O-])cc1. The fourth-order valence-electron chi connectivity index (χ4n) is 6.12. The Morgan fingerprint density at radius 2 is 1.65 bits per heavy atom. The summed E-state index contributed by atoms with van der Waals surface area (Å²) in [4.78, 5) is 38.5. The first-order valence-corrected chi connectivity index (χ1v) is 11.7. The molecule has 4 atom stereocenters. The van der Waals surface area contributed by atoms with Crippen LogP contribution in [-0.4, -0.2) is 36.4 Å². The molecule has 2 aliphatic heterocycles. The van der Waals surface area contributed by atoms with E-state index in [0.29, 0.717) is 23.3 Å². The van der Waals surface area contributed by atoms with Crippen LogP contribution in [0.2, 0.25) is 0 Å². The summed E-state index contributed by atoms with van der Waals surface area (Å²) in [6.07, 6.45) is 11.1. The predicted molar refractivity (Wildman–Crippen MR) is 126 cm³/mol. The van der Waals surface area contributed by atoms with Crippen LogP contribution in [0.1, 0.15) is 56.5 Å². The first-order valence-electron chi connectivity index (χ1n) is 11.7. The minimum atomic E-state index is -0.520. The lowest BCUT2D eigenvalue weighted by Crippen LogP contribution is -2.44. The van der Waals surface area contributed by atoms with Crippen LogP contribution in [0.15, 0.2) is 60.7 Å². The molecule has 34 heavy (non-hydrogen) atoms. The molecule has 0 fully saturated rings. The molecule has 7 nitrogen and oxygen atoms in total. The van der Waals surface area contributed by atoms with Crippen molar-refractivity contribution in [2.24, 2.45) is 11.8 Å². The summed E-state index contributed by atoms with van der Waals surface area (Å²) < 4.78 is 5.47. The third kappa shape index (κ3) is 3.26. The van der Waals surface area contributed by atoms with E-state index in [0.717, 1.165) is 31.5 Å². The van der Waals surface area contributed by atoms with Crippen LogP contribution in [0.25, 0.3) is 0 Å². The van der Waals surface area contributed by atoms with Crippen LogP contribution >= 0.6 is 0 Å². The summed E-state index contributed by atoms with van der Waals surface area (Å²) >= 11 is 0. The minimum Gasteiger partial charge on any atom is -0.454 e. The van der Waals surface area contributed by atoms with E-state index in [4.69, 9.17) is 4.74 Å². The van der Waals surface area contributed by atoms with Crippen molar-refractivity contribution in [3.8, 4) is 0 Å². The third-order valence-electron chi connectivity index (χ3n) is 7.70. The third-order valence-corrected chi connectivity index (χ3v) is 7.70. The number of non-ortho nitro benzene ring substituents is 1. The molecule has 7 heteroatoms. The zero-order valence-corrected chi connectivity index (χ0v) is 18.6. The van der Waals surface area contributed by atoms with E-state index in [9.17, 15) is 19.7 Å². The minimum absolute atomic E-state index is 0.0928. The van der Waals surface area contributed by atoms with Crippen molar-refractivity contribution in [1.82, 2.24) is 0 Å². The zero-order valence-electron chi connectivity index (χ0n) is 18.6. The Labute approximate surface area is 196 Å². The summed E-state index contributed by atoms with van der Waals surface area (Å²) in [5.74, 6) is 0.708. The molecule has 0 spiro atoms. The van der Waals surface area contributed by atoms with Crippen molar-refractivity contribution in [2.45, 2.75) is 24.7 Å². The number of nitrogens with zero attached hydrogens (tertiary/aromatic N) is 2. The van der Waals surface area contributed by atoms with E-state index in [1.165, 1.54) is 35.5 Å². The Kier molecular flexibility index (Phi) is 4.86. The first kappa shape index (κ1) is 20.8. The number of ether oxygens (including phenoxy) is 1. The van der Waals surface area contributed by atoms with E-state index in [-0.39, 0.29) is 17.2 Å². The Balaban J connectivity index is 1.28. The lowest BCUT2D eigenvalue weighted by molar-refractivity contribution is -0.384. The van der Waals surface area contributed by atoms with E-state index < -0.39 is 23.3 Å². The van der Waals surface area contributed by atoms with Gasteiger partial charge in [0.15, 0.2) is 12.4 Å². The van der Waals surface area contributed by atoms with E-state index >= 15 is 0 Å². The molecule has 0 saturated carbocycles. The number of nitro benzene ring substituents is 1. The molecular weight excluding hydrogens is 432 g/mol. The van der Waals surface area contributed by atoms with E-state index in [1.54, 1.807) is 0 Å². The molecule has 2 aliphatic carbocycles. The van der Waals surface area contributed by atoms with Crippen LogP contribution in [0.3, 0.4) is 0 Å². The summed E-state index contributed by atoms with van der Waals surface area (Å²) in [5.41, 5.74) is 4.21. The van der Waals surface area contributed by atoms with Crippen LogP contribution in [0.5, 0.6) is 0 Å². The van der Waals surface area contributed by atoms with Gasteiger partial charge in [0.2, 0.25) is 0 Å². The molecule has 2 heterocycles. The molecular formula is C27H24N2O5. The van der Waals surface area contributed by atoms with Gasteiger partial charge in [0.1, 0.15) is 0 Å². The maximum absolute atomic E-state index is 13.2. The lowest BCUT2D eigenvalue weighted by atomic mass is 9.73. The van der Waals surface area contributed by atoms with Gasteiger partial charge in [-0.2, -0.15) is 0 Å². The Morgan fingerprint density at radius 3 is 2.35 bits per heavy atom. The zero-order chi connectivity index (χ0) is 23.4. The van der Waals surface area contributed by atoms with Crippen molar-refractivity contribution < 1.29 is 19.2 Å². The fourth-order valence-corrected chi connectivity index (χ4v) is 6.12. The van der Waals surface area contributed by atoms with Gasteiger partial charge in [-0.05, 0) is 54.0 Å². The van der Waals surface area contributed by atoms with Crippen LogP contribution in [0, 0.1) is 22.0 Å². The van der Waals surface area contributed by atoms with Gasteiger partial charge in [-0.1, -0.05) is 30.4 Å². The summed E-state index contributed by atoms with van der Waals surface area (Å²) in [5, 5.41) is 10.8. The van der Waals surface area contributed by atoms with Gasteiger partial charge in [-0.25, -0.2) is 4.79 Å². The highest BCUT2D eigenvalue weighted by molar-refractivity contribution is 6.00. The monoisotopic (exact) mass is 456 g/mol. The highest BCUT2D eigenvalue weighted by Gasteiger charge is 2.44. The van der Waals surface area contributed by atoms with Crippen LogP contribution in [-0.2, 0) is 4.74 Å². The van der Waals surface area contributed by atoms with Crippen LogP contribution < -0.4 is 4.90 Å². The van der Waals surface area contributed by atoms with Crippen molar-refractivity contribution >= 4 is 23.1 Å². The van der Waals surface area contributed by atoms with Gasteiger partial charge < -0.3 is 9.64 Å². The fraction of sp³-hybridized carbons (Fsp3) is 0.333. The molecule has 172 valence electrons. The Hall–Kier alpha value is -3.74. The topological polar surface area (TPSA) is 89.8 Å². The second-order valence-corrected chi connectivity index (χ2v) is 9.57. The maximum atomic E-state index is 13.2. The molecule has 0 radical (unpaired) electrons. The van der Waals surface area contributed by atoms with Gasteiger partial charge in [0.05, 0.1) is 10.5 Å². The number of anilines is 1. The number of nitro groups is 1. The number of carbonyl (C=O) groups excluding carboxylic acids is 2. The van der Waals surface area contributed by atoms with Crippen molar-refractivity contribution in [1.29, 1.82) is 0 Å². The second-order valence-electron chi connectivity index (χ2n) is 9.57. The molecule has 6 rings (SSSR count). The number of Topliss-reactive ketones (excluding diaryl/α,β-unsaturated/α-hetero) is 1. The number of allylic oxidation sites excluding steroid dienone is 4. The number of hydrogen-bond donors (Lipinski definition) is 0. The number of esters is 1. The Bertz CT molecular complexity index is 1260. The predicted octanol–water partition coefficient (Wildman–Crippen LogP) is 4.79. The normalized spacial score (nSPS) is 25.5. The molecule has 4 aliphatic rings. The van der Waals surface area contributed by atoms with Crippen LogP contribution in [0.4, 0.5) is 11.4 Å². The lowest BCUT2D eigenvalue weighted by Gasteiger charge is -2.46. The quantitative estimate of drug-likeness (QED) is 0.211. The molecule has 2 aromatic rings.